The van der Waals surface area contributed by atoms with Gasteiger partial charge in [0.2, 0.25) is 0 Å². The van der Waals surface area contributed by atoms with Crippen molar-refractivity contribution < 1.29 is 13.9 Å². The van der Waals surface area contributed by atoms with Gasteiger partial charge in [-0.1, -0.05) is 6.07 Å². The first kappa shape index (κ1) is 10.9. The van der Waals surface area contributed by atoms with E-state index in [0.717, 1.165) is 25.7 Å². The summed E-state index contributed by atoms with van der Waals surface area (Å²) in [7, 11) is 0. The molecule has 3 nitrogen and oxygen atoms in total. The Morgan fingerprint density at radius 3 is 2.69 bits per heavy atom. The average Bonchev–Trinajstić information content (AvgIpc) is 2.70. The maximum absolute atomic E-state index is 13.4. The predicted octanol–water partition coefficient (Wildman–Crippen LogP) is 2.25. The molecule has 2 N–H and O–H groups in total. The van der Waals surface area contributed by atoms with E-state index in [2.05, 4.69) is 0 Å². The van der Waals surface area contributed by atoms with Crippen LogP contribution in [-0.2, 0) is 0 Å². The summed E-state index contributed by atoms with van der Waals surface area (Å²) in [5.41, 5.74) is 4.99. The lowest BCUT2D eigenvalue weighted by Gasteiger charge is -2.15. The molecule has 0 heterocycles. The van der Waals surface area contributed by atoms with Crippen LogP contribution in [0.5, 0.6) is 5.75 Å². The summed E-state index contributed by atoms with van der Waals surface area (Å²) in [5.74, 6) is -1.14. The normalized spacial score (nSPS) is 16.3. The first-order chi connectivity index (χ1) is 7.68. The lowest BCUT2D eigenvalue weighted by molar-refractivity contribution is 0.0988. The Bertz CT molecular complexity index is 400. The summed E-state index contributed by atoms with van der Waals surface area (Å²) < 4.78 is 19.0. The van der Waals surface area contributed by atoms with Crippen molar-refractivity contribution in [2.24, 2.45) is 5.73 Å². The van der Waals surface area contributed by atoms with Crippen molar-refractivity contribution in [1.29, 1.82) is 0 Å². The summed E-state index contributed by atoms with van der Waals surface area (Å²) in [6.07, 6.45) is 4.22. The summed E-state index contributed by atoms with van der Waals surface area (Å²) >= 11 is 0. The molecule has 0 saturated heterocycles. The van der Waals surface area contributed by atoms with Gasteiger partial charge in [0.1, 0.15) is 17.1 Å². The molecule has 1 amide bonds. The Labute approximate surface area is 93.4 Å². The standard InChI is InChI=1S/C12H14FNO2/c13-9-6-3-7-10(11(9)12(14)15)16-8-4-1-2-5-8/h3,6-8H,1-2,4-5H2,(H2,14,15). The van der Waals surface area contributed by atoms with Gasteiger partial charge in [0.05, 0.1) is 6.10 Å². The molecule has 2 rings (SSSR count). The van der Waals surface area contributed by atoms with Crippen molar-refractivity contribution in [2.75, 3.05) is 0 Å². The van der Waals surface area contributed by atoms with Crippen LogP contribution in [0.4, 0.5) is 4.39 Å². The fraction of sp³-hybridized carbons (Fsp3) is 0.417. The average molecular weight is 223 g/mol. The Kier molecular flexibility index (Phi) is 3.08. The van der Waals surface area contributed by atoms with Crippen molar-refractivity contribution in [3.05, 3.63) is 29.6 Å². The van der Waals surface area contributed by atoms with Crippen LogP contribution >= 0.6 is 0 Å². The summed E-state index contributed by atoms with van der Waals surface area (Å²) in [6.45, 7) is 0. The molecule has 1 aliphatic rings. The van der Waals surface area contributed by atoms with Gasteiger partial charge in [-0.25, -0.2) is 4.39 Å². The number of halogens is 1. The maximum Gasteiger partial charge on any atom is 0.255 e. The number of ether oxygens (including phenoxy) is 1. The van der Waals surface area contributed by atoms with Crippen LogP contribution in [0.1, 0.15) is 36.0 Å². The molecule has 1 aliphatic carbocycles. The zero-order valence-electron chi connectivity index (χ0n) is 8.91. The Hall–Kier alpha value is -1.58. The van der Waals surface area contributed by atoms with Crippen LogP contribution in [-0.4, -0.2) is 12.0 Å². The van der Waals surface area contributed by atoms with Crippen molar-refractivity contribution in [3.63, 3.8) is 0 Å². The fourth-order valence-corrected chi connectivity index (χ4v) is 2.03. The van der Waals surface area contributed by atoms with Gasteiger partial charge in [0, 0.05) is 0 Å². The minimum Gasteiger partial charge on any atom is -0.489 e. The lowest BCUT2D eigenvalue weighted by Crippen LogP contribution is -2.18. The van der Waals surface area contributed by atoms with E-state index in [4.69, 9.17) is 10.5 Å². The van der Waals surface area contributed by atoms with Crippen LogP contribution in [0.2, 0.25) is 0 Å². The third-order valence-electron chi connectivity index (χ3n) is 2.82. The van der Waals surface area contributed by atoms with E-state index in [0.29, 0.717) is 0 Å². The molecule has 0 spiro atoms. The highest BCUT2D eigenvalue weighted by Crippen LogP contribution is 2.27. The van der Waals surface area contributed by atoms with Crippen molar-refractivity contribution >= 4 is 5.91 Å². The number of benzene rings is 1. The Balaban J connectivity index is 2.25. The number of nitrogens with two attached hydrogens (primary N) is 1. The zero-order valence-corrected chi connectivity index (χ0v) is 8.91. The van der Waals surface area contributed by atoms with Crippen molar-refractivity contribution in [1.82, 2.24) is 0 Å². The van der Waals surface area contributed by atoms with Crippen LogP contribution in [0.3, 0.4) is 0 Å². The van der Waals surface area contributed by atoms with E-state index in [1.165, 1.54) is 12.1 Å². The first-order valence-electron chi connectivity index (χ1n) is 5.43. The van der Waals surface area contributed by atoms with E-state index in [1.54, 1.807) is 6.07 Å². The molecule has 1 aromatic carbocycles. The van der Waals surface area contributed by atoms with Gasteiger partial charge in [-0.3, -0.25) is 4.79 Å². The van der Waals surface area contributed by atoms with E-state index in [1.807, 2.05) is 0 Å². The SMILES string of the molecule is NC(=O)c1c(F)cccc1OC1CCCC1. The molecule has 1 aromatic rings. The Morgan fingerprint density at radius 2 is 2.06 bits per heavy atom. The predicted molar refractivity (Wildman–Crippen MR) is 57.8 cm³/mol. The van der Waals surface area contributed by atoms with Crippen molar-refractivity contribution in [2.45, 2.75) is 31.8 Å². The topological polar surface area (TPSA) is 52.3 Å². The minimum absolute atomic E-state index is 0.0832. The molecular weight excluding hydrogens is 209 g/mol. The minimum atomic E-state index is -0.786. The monoisotopic (exact) mass is 223 g/mol. The van der Waals surface area contributed by atoms with E-state index in [-0.39, 0.29) is 17.4 Å². The smallest absolute Gasteiger partial charge is 0.255 e. The van der Waals surface area contributed by atoms with Gasteiger partial charge in [-0.2, -0.15) is 0 Å². The zero-order chi connectivity index (χ0) is 11.5. The molecule has 0 radical (unpaired) electrons. The van der Waals surface area contributed by atoms with Gasteiger partial charge < -0.3 is 10.5 Å². The molecule has 4 heteroatoms. The molecule has 0 unspecified atom stereocenters. The van der Waals surface area contributed by atoms with E-state index < -0.39 is 11.7 Å². The molecule has 16 heavy (non-hydrogen) atoms. The molecule has 1 saturated carbocycles. The number of hydrogen-bond acceptors (Lipinski definition) is 2. The fourth-order valence-electron chi connectivity index (χ4n) is 2.03. The molecule has 0 aliphatic heterocycles. The Morgan fingerprint density at radius 1 is 1.38 bits per heavy atom. The highest BCUT2D eigenvalue weighted by Gasteiger charge is 2.21. The number of rotatable bonds is 3. The molecule has 86 valence electrons. The summed E-state index contributed by atoms with van der Waals surface area (Å²) in [4.78, 5) is 11.1. The van der Waals surface area contributed by atoms with E-state index in [9.17, 15) is 9.18 Å². The van der Waals surface area contributed by atoms with Crippen LogP contribution < -0.4 is 10.5 Å². The summed E-state index contributed by atoms with van der Waals surface area (Å²) in [6, 6.07) is 4.31. The molecular formula is C12H14FNO2. The molecule has 0 atom stereocenters. The second-order valence-corrected chi connectivity index (χ2v) is 4.00. The number of primary amides is 1. The van der Waals surface area contributed by atoms with Gasteiger partial charge in [0.25, 0.3) is 5.91 Å². The second kappa shape index (κ2) is 4.51. The highest BCUT2D eigenvalue weighted by molar-refractivity contribution is 5.95. The van der Waals surface area contributed by atoms with Crippen LogP contribution in [0.15, 0.2) is 18.2 Å². The largest absolute Gasteiger partial charge is 0.489 e. The molecule has 0 bridgehead atoms. The highest BCUT2D eigenvalue weighted by atomic mass is 19.1. The van der Waals surface area contributed by atoms with Gasteiger partial charge >= 0.3 is 0 Å². The van der Waals surface area contributed by atoms with Crippen molar-refractivity contribution in [3.8, 4) is 5.75 Å². The number of carbonyl (C=O) groups is 1. The van der Waals surface area contributed by atoms with Crippen LogP contribution in [0, 0.1) is 5.82 Å². The third kappa shape index (κ3) is 2.15. The number of amides is 1. The van der Waals surface area contributed by atoms with Gasteiger partial charge in [-0.05, 0) is 37.8 Å². The number of hydrogen-bond donors (Lipinski definition) is 1. The summed E-state index contributed by atoms with van der Waals surface area (Å²) in [5, 5.41) is 0. The second-order valence-electron chi connectivity index (χ2n) is 4.00. The third-order valence-corrected chi connectivity index (χ3v) is 2.82. The number of carbonyl (C=O) groups excluding carboxylic acids is 1. The molecule has 1 fully saturated rings. The lowest BCUT2D eigenvalue weighted by atomic mass is 10.1. The maximum atomic E-state index is 13.4. The quantitative estimate of drug-likeness (QED) is 0.854. The van der Waals surface area contributed by atoms with Crippen LogP contribution in [0.25, 0.3) is 0 Å². The van der Waals surface area contributed by atoms with Gasteiger partial charge in [0.15, 0.2) is 0 Å². The van der Waals surface area contributed by atoms with Gasteiger partial charge in [-0.15, -0.1) is 0 Å². The van der Waals surface area contributed by atoms with E-state index >= 15 is 0 Å². The molecule has 0 aromatic heterocycles. The first-order valence-corrected chi connectivity index (χ1v) is 5.43.